The van der Waals surface area contributed by atoms with Crippen LogP contribution in [0.1, 0.15) is 18.9 Å². The molecule has 1 amide bonds. The Balaban J connectivity index is 1.79. The van der Waals surface area contributed by atoms with E-state index in [2.05, 4.69) is 48.6 Å². The quantitative estimate of drug-likeness (QED) is 0.458. The van der Waals surface area contributed by atoms with Gasteiger partial charge in [0.25, 0.3) is 0 Å². The number of aromatic nitrogens is 3. The molecule has 5 aromatic rings. The average Bonchev–Trinajstić information content (AvgIpc) is 3.11. The molecule has 0 radical (unpaired) electrons. The van der Waals surface area contributed by atoms with Crippen molar-refractivity contribution in [2.24, 2.45) is 0 Å². The molecule has 0 saturated heterocycles. The van der Waals surface area contributed by atoms with Crippen LogP contribution in [-0.2, 0) is 4.79 Å². The number of hydrogen-bond acceptors (Lipinski definition) is 3. The number of rotatable bonds is 3. The molecule has 2 aromatic heterocycles. The van der Waals surface area contributed by atoms with Gasteiger partial charge in [0.05, 0.1) is 16.7 Å². The van der Waals surface area contributed by atoms with E-state index in [1.165, 1.54) is 5.56 Å². The van der Waals surface area contributed by atoms with Gasteiger partial charge in [-0.25, -0.2) is 9.50 Å². The van der Waals surface area contributed by atoms with E-state index >= 15 is 0 Å². The summed E-state index contributed by atoms with van der Waals surface area (Å²) in [6.07, 6.45) is 0.440. The topological polar surface area (TPSA) is 59.3 Å². The molecule has 0 aliphatic rings. The minimum atomic E-state index is -0.0154. The third-order valence-corrected chi connectivity index (χ3v) is 5.18. The van der Waals surface area contributed by atoms with Gasteiger partial charge in [0.2, 0.25) is 5.91 Å². The Morgan fingerprint density at radius 1 is 1.00 bits per heavy atom. The molecule has 5 rings (SSSR count). The fourth-order valence-electron chi connectivity index (χ4n) is 3.63. The Hall–Kier alpha value is -3.73. The van der Waals surface area contributed by atoms with Crippen LogP contribution in [0.3, 0.4) is 0 Å². The van der Waals surface area contributed by atoms with Gasteiger partial charge in [-0.15, -0.1) is 0 Å². The molecule has 0 saturated carbocycles. The van der Waals surface area contributed by atoms with Crippen molar-refractivity contribution in [3.8, 4) is 11.3 Å². The molecule has 0 atom stereocenters. The fraction of sp³-hybridized carbons (Fsp3) is 0.125. The molecule has 5 nitrogen and oxygen atoms in total. The Kier molecular flexibility index (Phi) is 4.02. The molecule has 2 heterocycles. The first-order valence-electron chi connectivity index (χ1n) is 9.72. The van der Waals surface area contributed by atoms with Crippen LogP contribution < -0.4 is 5.32 Å². The third kappa shape index (κ3) is 2.91. The fourth-order valence-corrected chi connectivity index (χ4v) is 3.63. The predicted molar refractivity (Wildman–Crippen MR) is 117 cm³/mol. The van der Waals surface area contributed by atoms with Crippen molar-refractivity contribution >= 4 is 39.0 Å². The maximum absolute atomic E-state index is 11.7. The molecule has 0 aliphatic heterocycles. The number of carbonyl (C=O) groups is 1. The summed E-state index contributed by atoms with van der Waals surface area (Å²) in [7, 11) is 0. The van der Waals surface area contributed by atoms with Crippen LogP contribution in [-0.4, -0.2) is 20.5 Å². The Bertz CT molecular complexity index is 1380. The summed E-state index contributed by atoms with van der Waals surface area (Å²) in [4.78, 5) is 16.6. The summed E-state index contributed by atoms with van der Waals surface area (Å²) < 4.78 is 1.90. The Morgan fingerprint density at radius 2 is 1.76 bits per heavy atom. The van der Waals surface area contributed by atoms with Gasteiger partial charge in [-0.3, -0.25) is 4.79 Å². The molecule has 0 aliphatic carbocycles. The van der Waals surface area contributed by atoms with Crippen LogP contribution in [0.4, 0.5) is 5.69 Å². The van der Waals surface area contributed by atoms with E-state index in [1.54, 1.807) is 0 Å². The van der Waals surface area contributed by atoms with Gasteiger partial charge in [0, 0.05) is 28.4 Å². The van der Waals surface area contributed by atoms with Gasteiger partial charge in [-0.05, 0) is 25.1 Å². The lowest BCUT2D eigenvalue weighted by atomic mass is 10.0. The van der Waals surface area contributed by atoms with Crippen molar-refractivity contribution in [3.05, 3.63) is 72.3 Å². The number of nitrogens with zero attached hydrogens (tertiary/aromatic N) is 3. The summed E-state index contributed by atoms with van der Waals surface area (Å²) in [5, 5.41) is 9.98. The monoisotopic (exact) mass is 380 g/mol. The largest absolute Gasteiger partial charge is 0.326 e. The minimum Gasteiger partial charge on any atom is -0.326 e. The van der Waals surface area contributed by atoms with Gasteiger partial charge in [-0.2, -0.15) is 5.10 Å². The van der Waals surface area contributed by atoms with Crippen LogP contribution in [0.5, 0.6) is 0 Å². The minimum absolute atomic E-state index is 0.0154. The first-order chi connectivity index (χ1) is 14.1. The van der Waals surface area contributed by atoms with Gasteiger partial charge in [0.15, 0.2) is 5.65 Å². The number of hydrogen-bond donors (Lipinski definition) is 1. The first-order valence-corrected chi connectivity index (χ1v) is 9.72. The molecule has 1 N–H and O–H groups in total. The molecule has 0 spiro atoms. The van der Waals surface area contributed by atoms with Crippen LogP contribution in [0, 0.1) is 6.92 Å². The van der Waals surface area contributed by atoms with E-state index in [1.807, 2.05) is 41.8 Å². The van der Waals surface area contributed by atoms with Crippen molar-refractivity contribution in [2.45, 2.75) is 20.3 Å². The number of aryl methyl sites for hydroxylation is 1. The molecule has 3 aromatic carbocycles. The summed E-state index contributed by atoms with van der Waals surface area (Å²) in [6.45, 7) is 3.91. The van der Waals surface area contributed by atoms with Crippen molar-refractivity contribution in [3.63, 3.8) is 0 Å². The summed E-state index contributed by atoms with van der Waals surface area (Å²) in [5.41, 5.74) is 6.49. The number of amides is 1. The van der Waals surface area contributed by atoms with Gasteiger partial charge in [-0.1, -0.05) is 61.0 Å². The van der Waals surface area contributed by atoms with Crippen molar-refractivity contribution in [2.75, 3.05) is 5.32 Å². The lowest BCUT2D eigenvalue weighted by Crippen LogP contribution is -2.09. The second-order valence-corrected chi connectivity index (χ2v) is 7.21. The van der Waals surface area contributed by atoms with Crippen molar-refractivity contribution in [1.29, 1.82) is 0 Å². The molecule has 0 bridgehead atoms. The normalized spacial score (nSPS) is 11.4. The van der Waals surface area contributed by atoms with E-state index in [0.717, 1.165) is 44.4 Å². The van der Waals surface area contributed by atoms with Gasteiger partial charge >= 0.3 is 0 Å². The molecular formula is C24H20N4O. The molecule has 142 valence electrons. The highest BCUT2D eigenvalue weighted by Crippen LogP contribution is 2.31. The summed E-state index contributed by atoms with van der Waals surface area (Å²) in [6, 6.07) is 22.4. The zero-order valence-electron chi connectivity index (χ0n) is 16.3. The van der Waals surface area contributed by atoms with Crippen LogP contribution >= 0.6 is 0 Å². The zero-order chi connectivity index (χ0) is 20.0. The number of fused-ring (bicyclic) bond motifs is 5. The van der Waals surface area contributed by atoms with Gasteiger partial charge < -0.3 is 5.32 Å². The van der Waals surface area contributed by atoms with E-state index in [9.17, 15) is 4.79 Å². The third-order valence-electron chi connectivity index (χ3n) is 5.18. The smallest absolute Gasteiger partial charge is 0.224 e. The van der Waals surface area contributed by atoms with Gasteiger partial charge in [0.1, 0.15) is 0 Å². The lowest BCUT2D eigenvalue weighted by molar-refractivity contribution is -0.115. The summed E-state index contributed by atoms with van der Waals surface area (Å²) >= 11 is 0. The Morgan fingerprint density at radius 3 is 2.52 bits per heavy atom. The number of nitrogens with one attached hydrogen (secondary N) is 1. The van der Waals surface area contributed by atoms with Crippen molar-refractivity contribution in [1.82, 2.24) is 14.6 Å². The number of imidazole rings is 1. The second kappa shape index (κ2) is 6.71. The van der Waals surface area contributed by atoms with Crippen molar-refractivity contribution < 1.29 is 4.79 Å². The van der Waals surface area contributed by atoms with E-state index in [4.69, 9.17) is 10.1 Å². The SMILES string of the molecule is CCC(=O)Nc1ccc2c(c1)nc1c3ccccc3c(-c3ccc(C)cc3)nn21. The first kappa shape index (κ1) is 17.4. The van der Waals surface area contributed by atoms with E-state index in [-0.39, 0.29) is 5.91 Å². The highest BCUT2D eigenvalue weighted by Gasteiger charge is 2.15. The van der Waals surface area contributed by atoms with Crippen LogP contribution in [0.2, 0.25) is 0 Å². The summed E-state index contributed by atoms with van der Waals surface area (Å²) in [5.74, 6) is -0.0154. The Labute approximate surface area is 168 Å². The van der Waals surface area contributed by atoms with E-state index < -0.39 is 0 Å². The molecular weight excluding hydrogens is 360 g/mol. The standard InChI is InChI=1S/C24H20N4O/c1-3-22(29)25-17-12-13-21-20(14-17)26-24-19-7-5-4-6-18(19)23(27-28(21)24)16-10-8-15(2)9-11-16/h4-14H,3H2,1-2H3,(H,25,29). The average molecular weight is 380 g/mol. The number of anilines is 1. The van der Waals surface area contributed by atoms with E-state index in [0.29, 0.717) is 6.42 Å². The highest BCUT2D eigenvalue weighted by atomic mass is 16.1. The molecule has 5 heteroatoms. The zero-order valence-corrected chi connectivity index (χ0v) is 16.3. The highest BCUT2D eigenvalue weighted by molar-refractivity contribution is 6.04. The van der Waals surface area contributed by atoms with Crippen LogP contribution in [0.25, 0.3) is 38.7 Å². The number of benzene rings is 3. The number of carbonyl (C=O) groups excluding carboxylic acids is 1. The lowest BCUT2D eigenvalue weighted by Gasteiger charge is -2.08. The second-order valence-electron chi connectivity index (χ2n) is 7.21. The van der Waals surface area contributed by atoms with Crippen LogP contribution in [0.15, 0.2) is 66.7 Å². The molecule has 29 heavy (non-hydrogen) atoms. The molecule has 0 fully saturated rings. The molecule has 0 unspecified atom stereocenters. The predicted octanol–water partition coefficient (Wildman–Crippen LogP) is 5.36. The maximum Gasteiger partial charge on any atom is 0.224 e. The maximum atomic E-state index is 11.7.